The van der Waals surface area contributed by atoms with E-state index < -0.39 is 11.9 Å². The van der Waals surface area contributed by atoms with Crippen LogP contribution >= 0.6 is 0 Å². The molecule has 0 unspecified atom stereocenters. The second-order valence-corrected chi connectivity index (χ2v) is 8.07. The van der Waals surface area contributed by atoms with Gasteiger partial charge in [0.1, 0.15) is 11.5 Å². The number of imidazole rings is 2. The highest BCUT2D eigenvalue weighted by atomic mass is 19.4. The van der Waals surface area contributed by atoms with E-state index in [0.717, 1.165) is 37.4 Å². The molecule has 0 atom stereocenters. The predicted molar refractivity (Wildman–Crippen MR) is 113 cm³/mol. The topological polar surface area (TPSA) is 75.7 Å². The molecule has 1 amide bonds. The second-order valence-electron chi connectivity index (χ2n) is 8.07. The van der Waals surface area contributed by atoms with Crippen LogP contribution < -0.4 is 10.6 Å². The number of halogens is 3. The van der Waals surface area contributed by atoms with Crippen molar-refractivity contribution in [1.29, 1.82) is 0 Å². The normalized spacial score (nSPS) is 19.3. The number of amides is 1. The minimum atomic E-state index is -4.48. The lowest BCUT2D eigenvalue weighted by molar-refractivity contribution is -0.140. The Morgan fingerprint density at radius 3 is 2.59 bits per heavy atom. The molecule has 1 aliphatic carbocycles. The fourth-order valence-corrected chi connectivity index (χ4v) is 4.18. The number of nitrogens with zero attached hydrogens (tertiary/aromatic N) is 4. The molecule has 10 heteroatoms. The molecular formula is C22H21F3N6O. The third-order valence-corrected chi connectivity index (χ3v) is 5.87. The van der Waals surface area contributed by atoms with Crippen molar-refractivity contribution in [3.8, 4) is 0 Å². The molecule has 166 valence electrons. The molecule has 1 fully saturated rings. The highest BCUT2D eigenvalue weighted by molar-refractivity contribution is 5.94. The number of anilines is 1. The van der Waals surface area contributed by atoms with Crippen LogP contribution in [0.1, 0.15) is 41.7 Å². The molecule has 32 heavy (non-hydrogen) atoms. The number of alkyl halides is 3. The Bertz CT molecular complexity index is 1270. The fourth-order valence-electron chi connectivity index (χ4n) is 4.18. The van der Waals surface area contributed by atoms with Crippen molar-refractivity contribution >= 4 is 22.9 Å². The lowest BCUT2D eigenvalue weighted by Gasteiger charge is -2.30. The fraction of sp³-hybridized carbons (Fsp3) is 0.318. The van der Waals surface area contributed by atoms with Gasteiger partial charge in [-0.2, -0.15) is 13.2 Å². The number of rotatable bonds is 4. The number of carbonyl (C=O) groups is 1. The standard InChI is InChI=1S/C22H21F3N6O/c23-22(24,25)18-12-31-19(2-1-3-20(31)29-18)27-15-5-7-16(8-6-15)28-21(32)14-4-9-17-10-26-13-30(17)11-14/h1-4,9-13,15-16,27H,5-8H2,(H,28,32). The first kappa shape index (κ1) is 20.3. The van der Waals surface area contributed by atoms with Gasteiger partial charge in [-0.3, -0.25) is 9.20 Å². The molecule has 4 heterocycles. The van der Waals surface area contributed by atoms with E-state index in [1.807, 2.05) is 6.07 Å². The van der Waals surface area contributed by atoms with Crippen LogP contribution in [0.3, 0.4) is 0 Å². The Labute approximate surface area is 181 Å². The summed E-state index contributed by atoms with van der Waals surface area (Å²) in [6, 6.07) is 8.77. The molecule has 0 aliphatic heterocycles. The predicted octanol–water partition coefficient (Wildman–Crippen LogP) is 4.15. The summed E-state index contributed by atoms with van der Waals surface area (Å²) in [5.41, 5.74) is 0.830. The van der Waals surface area contributed by atoms with E-state index in [1.54, 1.807) is 47.4 Å². The van der Waals surface area contributed by atoms with Gasteiger partial charge in [-0.1, -0.05) is 6.07 Å². The summed E-state index contributed by atoms with van der Waals surface area (Å²) in [7, 11) is 0. The van der Waals surface area contributed by atoms with Crippen molar-refractivity contribution in [1.82, 2.24) is 24.1 Å². The van der Waals surface area contributed by atoms with Crippen molar-refractivity contribution in [2.75, 3.05) is 5.32 Å². The van der Waals surface area contributed by atoms with Crippen LogP contribution in [0, 0.1) is 0 Å². The lowest BCUT2D eigenvalue weighted by atomic mass is 9.91. The summed E-state index contributed by atoms with van der Waals surface area (Å²) in [5, 5.41) is 6.43. The van der Waals surface area contributed by atoms with Crippen molar-refractivity contribution in [3.05, 3.63) is 66.5 Å². The molecule has 0 bridgehead atoms. The number of carbonyl (C=O) groups excluding carboxylic acids is 1. The molecule has 4 aromatic heterocycles. The molecule has 0 spiro atoms. The number of fused-ring (bicyclic) bond motifs is 2. The maximum absolute atomic E-state index is 13.0. The molecule has 2 N–H and O–H groups in total. The number of nitrogens with one attached hydrogen (secondary N) is 2. The minimum absolute atomic E-state index is 0.0555. The average Bonchev–Trinajstić information content (AvgIpc) is 3.42. The Hall–Kier alpha value is -3.56. The van der Waals surface area contributed by atoms with Crippen LogP contribution in [0.15, 0.2) is 55.2 Å². The van der Waals surface area contributed by atoms with Gasteiger partial charge >= 0.3 is 6.18 Å². The van der Waals surface area contributed by atoms with Crippen LogP contribution in [-0.2, 0) is 6.18 Å². The summed E-state index contributed by atoms with van der Waals surface area (Å²) in [6.07, 6.45) is 4.82. The van der Waals surface area contributed by atoms with Gasteiger partial charge in [-0.15, -0.1) is 0 Å². The number of pyridine rings is 2. The zero-order valence-corrected chi connectivity index (χ0v) is 17.0. The Kier molecular flexibility index (Phi) is 4.99. The quantitative estimate of drug-likeness (QED) is 0.498. The summed E-state index contributed by atoms with van der Waals surface area (Å²) >= 11 is 0. The van der Waals surface area contributed by atoms with Gasteiger partial charge in [0.15, 0.2) is 5.69 Å². The van der Waals surface area contributed by atoms with Crippen molar-refractivity contribution < 1.29 is 18.0 Å². The van der Waals surface area contributed by atoms with E-state index in [1.165, 1.54) is 4.40 Å². The number of aromatic nitrogens is 4. The van der Waals surface area contributed by atoms with Crippen molar-refractivity contribution in [2.45, 2.75) is 43.9 Å². The van der Waals surface area contributed by atoms with E-state index in [9.17, 15) is 18.0 Å². The largest absolute Gasteiger partial charge is 0.434 e. The van der Waals surface area contributed by atoms with Gasteiger partial charge < -0.3 is 15.0 Å². The molecule has 0 aromatic carbocycles. The van der Waals surface area contributed by atoms with Crippen molar-refractivity contribution in [3.63, 3.8) is 0 Å². The molecule has 7 nitrogen and oxygen atoms in total. The van der Waals surface area contributed by atoms with Gasteiger partial charge in [0.05, 0.1) is 23.6 Å². The van der Waals surface area contributed by atoms with E-state index in [2.05, 4.69) is 20.6 Å². The Morgan fingerprint density at radius 2 is 1.81 bits per heavy atom. The second kappa shape index (κ2) is 7.85. The summed E-state index contributed by atoms with van der Waals surface area (Å²) in [4.78, 5) is 20.3. The summed E-state index contributed by atoms with van der Waals surface area (Å²) in [5.74, 6) is 0.450. The van der Waals surface area contributed by atoms with Gasteiger partial charge in [0.25, 0.3) is 5.91 Å². The molecule has 0 radical (unpaired) electrons. The van der Waals surface area contributed by atoms with E-state index in [0.29, 0.717) is 11.4 Å². The van der Waals surface area contributed by atoms with Crippen LogP contribution in [0.5, 0.6) is 0 Å². The Morgan fingerprint density at radius 1 is 1.03 bits per heavy atom. The van der Waals surface area contributed by atoms with Gasteiger partial charge in [0.2, 0.25) is 0 Å². The monoisotopic (exact) mass is 442 g/mol. The third kappa shape index (κ3) is 4.00. The highest BCUT2D eigenvalue weighted by Crippen LogP contribution is 2.30. The highest BCUT2D eigenvalue weighted by Gasteiger charge is 2.34. The van der Waals surface area contributed by atoms with E-state index in [4.69, 9.17) is 0 Å². The molecular weight excluding hydrogens is 421 g/mol. The summed E-state index contributed by atoms with van der Waals surface area (Å²) < 4.78 is 42.3. The molecule has 0 saturated heterocycles. The van der Waals surface area contributed by atoms with Crippen LogP contribution in [-0.4, -0.2) is 36.8 Å². The zero-order chi connectivity index (χ0) is 22.3. The van der Waals surface area contributed by atoms with Crippen LogP contribution in [0.4, 0.5) is 19.0 Å². The average molecular weight is 442 g/mol. The molecule has 4 aromatic rings. The van der Waals surface area contributed by atoms with Crippen molar-refractivity contribution in [2.24, 2.45) is 0 Å². The maximum atomic E-state index is 13.0. The lowest BCUT2D eigenvalue weighted by Crippen LogP contribution is -2.40. The van der Waals surface area contributed by atoms with Crippen LogP contribution in [0.2, 0.25) is 0 Å². The number of hydrogen-bond acceptors (Lipinski definition) is 4. The van der Waals surface area contributed by atoms with E-state index >= 15 is 0 Å². The zero-order valence-electron chi connectivity index (χ0n) is 17.0. The number of hydrogen-bond donors (Lipinski definition) is 2. The van der Waals surface area contributed by atoms with Gasteiger partial charge in [0, 0.05) is 24.5 Å². The first-order chi connectivity index (χ1) is 15.4. The minimum Gasteiger partial charge on any atom is -0.368 e. The van der Waals surface area contributed by atoms with E-state index in [-0.39, 0.29) is 23.6 Å². The third-order valence-electron chi connectivity index (χ3n) is 5.87. The maximum Gasteiger partial charge on any atom is 0.434 e. The van der Waals surface area contributed by atoms with Gasteiger partial charge in [-0.05, 0) is 49.9 Å². The molecule has 1 saturated carbocycles. The smallest absolute Gasteiger partial charge is 0.368 e. The van der Waals surface area contributed by atoms with Gasteiger partial charge in [-0.25, -0.2) is 9.97 Å². The SMILES string of the molecule is O=C(NC1CCC(Nc2cccc3nc(C(F)(F)F)cn23)CC1)c1ccc2cncn2c1. The molecule has 5 rings (SSSR count). The first-order valence-corrected chi connectivity index (χ1v) is 10.4. The summed E-state index contributed by atoms with van der Waals surface area (Å²) in [6.45, 7) is 0. The van der Waals surface area contributed by atoms with Crippen LogP contribution in [0.25, 0.3) is 11.2 Å². The first-order valence-electron chi connectivity index (χ1n) is 10.4. The Balaban J connectivity index is 1.20. The molecule has 1 aliphatic rings.